The fourth-order valence-corrected chi connectivity index (χ4v) is 3.27. The van der Waals surface area contributed by atoms with Gasteiger partial charge in [-0.05, 0) is 49.3 Å². The van der Waals surface area contributed by atoms with Crippen molar-refractivity contribution in [3.8, 4) is 0 Å². The Morgan fingerprint density at radius 1 is 1.20 bits per heavy atom. The summed E-state index contributed by atoms with van der Waals surface area (Å²) < 4.78 is 7.53. The number of hydrogen-bond acceptors (Lipinski definition) is 5. The van der Waals surface area contributed by atoms with Gasteiger partial charge < -0.3 is 14.9 Å². The van der Waals surface area contributed by atoms with Gasteiger partial charge >= 0.3 is 0 Å². The van der Waals surface area contributed by atoms with Crippen molar-refractivity contribution in [2.45, 2.75) is 51.0 Å². The van der Waals surface area contributed by atoms with E-state index in [1.54, 1.807) is 35.1 Å². The maximum Gasteiger partial charge on any atom is 0.108 e. The molecule has 0 bridgehead atoms. The lowest BCUT2D eigenvalue weighted by molar-refractivity contribution is -0.000198. The Bertz CT molecular complexity index is 654. The van der Waals surface area contributed by atoms with E-state index < -0.39 is 6.10 Å². The summed E-state index contributed by atoms with van der Waals surface area (Å²) in [6.07, 6.45) is 5.36. The van der Waals surface area contributed by atoms with Gasteiger partial charge in [-0.25, -0.2) is 4.68 Å². The number of nitrogens with zero attached hydrogens (tertiary/aromatic N) is 3. The molecule has 136 valence electrons. The van der Waals surface area contributed by atoms with Crippen LogP contribution in [0.25, 0.3) is 0 Å². The Morgan fingerprint density at radius 2 is 1.92 bits per heavy atom. The van der Waals surface area contributed by atoms with E-state index >= 15 is 0 Å². The molecule has 1 atom stereocenters. The highest BCUT2D eigenvalue weighted by atomic mass is 35.5. The number of rotatable bonds is 7. The topological polar surface area (TPSA) is 80.4 Å². The summed E-state index contributed by atoms with van der Waals surface area (Å²) in [5.74, 6) is 0.426. The lowest BCUT2D eigenvalue weighted by atomic mass is 9.88. The third-order valence-corrected chi connectivity index (χ3v) is 4.97. The average Bonchev–Trinajstić information content (AvgIpc) is 3.08. The van der Waals surface area contributed by atoms with Crippen LogP contribution in [0.1, 0.15) is 43.0 Å². The van der Waals surface area contributed by atoms with Crippen LogP contribution >= 0.6 is 11.6 Å². The third-order valence-electron chi connectivity index (χ3n) is 4.72. The Hall–Kier alpha value is -1.47. The summed E-state index contributed by atoms with van der Waals surface area (Å²) in [5, 5.41) is 28.2. The van der Waals surface area contributed by atoms with Crippen LogP contribution in [0.5, 0.6) is 0 Å². The third kappa shape index (κ3) is 5.25. The summed E-state index contributed by atoms with van der Waals surface area (Å²) in [6, 6.07) is 7.12. The first kappa shape index (κ1) is 18.3. The van der Waals surface area contributed by atoms with E-state index in [0.29, 0.717) is 24.1 Å². The van der Waals surface area contributed by atoms with Gasteiger partial charge in [-0.15, -0.1) is 5.10 Å². The fourth-order valence-electron chi connectivity index (χ4n) is 3.15. The van der Waals surface area contributed by atoms with E-state index in [4.69, 9.17) is 21.4 Å². The zero-order valence-electron chi connectivity index (χ0n) is 14.1. The molecular formula is C18H24ClN3O3. The lowest BCUT2D eigenvalue weighted by Crippen LogP contribution is -2.23. The Morgan fingerprint density at radius 3 is 2.60 bits per heavy atom. The Balaban J connectivity index is 1.46. The first-order valence-corrected chi connectivity index (χ1v) is 9.07. The predicted octanol–water partition coefficient (Wildman–Crippen LogP) is 2.73. The average molecular weight is 366 g/mol. The van der Waals surface area contributed by atoms with Crippen molar-refractivity contribution < 1.29 is 14.9 Å². The molecule has 7 heteroatoms. The van der Waals surface area contributed by atoms with Gasteiger partial charge in [0.15, 0.2) is 0 Å². The van der Waals surface area contributed by atoms with Crippen LogP contribution in [0, 0.1) is 5.92 Å². The van der Waals surface area contributed by atoms with Crippen LogP contribution < -0.4 is 0 Å². The van der Waals surface area contributed by atoms with Crippen molar-refractivity contribution in [2.24, 2.45) is 5.92 Å². The van der Waals surface area contributed by atoms with Crippen molar-refractivity contribution >= 4 is 11.6 Å². The zero-order chi connectivity index (χ0) is 17.6. The first-order valence-electron chi connectivity index (χ1n) is 8.69. The minimum absolute atomic E-state index is 0.229. The van der Waals surface area contributed by atoms with Gasteiger partial charge in [-0.2, -0.15) is 0 Å². The molecule has 1 aromatic carbocycles. The van der Waals surface area contributed by atoms with Crippen molar-refractivity contribution in [2.75, 3.05) is 6.61 Å². The molecule has 0 spiro atoms. The lowest BCUT2D eigenvalue weighted by Gasteiger charge is -2.26. The standard InChI is InChI=1S/C18H24ClN3O3/c19-15-5-3-14(4-6-15)18(24)10-22-9-16(20-21-22)12-25-17-7-1-13(11-23)2-8-17/h3-6,9,13,17-18,23-24H,1-2,7-8,10-12H2/t13?,17?,18-/m0/s1. The second-order valence-electron chi connectivity index (χ2n) is 6.64. The zero-order valence-corrected chi connectivity index (χ0v) is 14.8. The number of halogens is 1. The van der Waals surface area contributed by atoms with E-state index in [9.17, 15) is 5.11 Å². The number of aliphatic hydroxyl groups is 2. The van der Waals surface area contributed by atoms with Crippen LogP contribution in [0.15, 0.2) is 30.5 Å². The van der Waals surface area contributed by atoms with E-state index in [1.165, 1.54) is 0 Å². The minimum atomic E-state index is -0.665. The van der Waals surface area contributed by atoms with Crippen molar-refractivity contribution in [3.05, 3.63) is 46.7 Å². The van der Waals surface area contributed by atoms with Crippen LogP contribution in [0.2, 0.25) is 5.02 Å². The Kier molecular flexibility index (Phi) is 6.42. The van der Waals surface area contributed by atoms with Crippen molar-refractivity contribution in [1.82, 2.24) is 15.0 Å². The van der Waals surface area contributed by atoms with Gasteiger partial charge in [0.1, 0.15) is 5.69 Å². The molecule has 0 amide bonds. The first-order chi connectivity index (χ1) is 12.1. The number of hydrogen-bond donors (Lipinski definition) is 2. The molecule has 6 nitrogen and oxygen atoms in total. The van der Waals surface area contributed by atoms with Gasteiger partial charge in [-0.3, -0.25) is 0 Å². The Labute approximate surface area is 152 Å². The highest BCUT2D eigenvalue weighted by Crippen LogP contribution is 2.26. The molecule has 1 aliphatic rings. The summed E-state index contributed by atoms with van der Waals surface area (Å²) in [5.41, 5.74) is 1.55. The molecule has 2 aromatic rings. The molecule has 1 saturated carbocycles. The molecule has 2 N–H and O–H groups in total. The smallest absolute Gasteiger partial charge is 0.108 e. The number of ether oxygens (including phenoxy) is 1. The van der Waals surface area contributed by atoms with Crippen molar-refractivity contribution in [3.63, 3.8) is 0 Å². The normalized spacial score (nSPS) is 22.0. The SMILES string of the molecule is OCC1CCC(OCc2cn(C[C@H](O)c3ccc(Cl)cc3)nn2)CC1. The summed E-state index contributed by atoms with van der Waals surface area (Å²) >= 11 is 5.86. The van der Waals surface area contributed by atoms with E-state index in [2.05, 4.69) is 10.3 Å². The van der Waals surface area contributed by atoms with Gasteiger partial charge in [0.05, 0.1) is 31.6 Å². The minimum Gasteiger partial charge on any atom is -0.396 e. The number of aromatic nitrogens is 3. The molecule has 1 aliphatic carbocycles. The molecule has 0 aliphatic heterocycles. The quantitative estimate of drug-likeness (QED) is 0.788. The predicted molar refractivity (Wildman–Crippen MR) is 94.1 cm³/mol. The monoisotopic (exact) mass is 365 g/mol. The summed E-state index contributed by atoms with van der Waals surface area (Å²) in [6.45, 7) is 1.03. The van der Waals surface area contributed by atoms with E-state index in [-0.39, 0.29) is 12.7 Å². The van der Waals surface area contributed by atoms with Gasteiger partial charge in [0.2, 0.25) is 0 Å². The van der Waals surface area contributed by atoms with E-state index in [1.807, 2.05) is 0 Å². The van der Waals surface area contributed by atoms with Crippen LogP contribution in [-0.4, -0.2) is 37.9 Å². The molecule has 3 rings (SSSR count). The molecule has 25 heavy (non-hydrogen) atoms. The molecule has 1 aromatic heterocycles. The summed E-state index contributed by atoms with van der Waals surface area (Å²) in [7, 11) is 0. The molecule has 1 fully saturated rings. The highest BCUT2D eigenvalue weighted by Gasteiger charge is 2.21. The fraction of sp³-hybridized carbons (Fsp3) is 0.556. The van der Waals surface area contributed by atoms with Crippen LogP contribution in [-0.2, 0) is 17.9 Å². The highest BCUT2D eigenvalue weighted by molar-refractivity contribution is 6.30. The molecule has 0 radical (unpaired) electrons. The molecule has 1 heterocycles. The van der Waals surface area contributed by atoms with Gasteiger partial charge in [0, 0.05) is 11.6 Å². The van der Waals surface area contributed by atoms with Crippen LogP contribution in [0.3, 0.4) is 0 Å². The van der Waals surface area contributed by atoms with Crippen LogP contribution in [0.4, 0.5) is 0 Å². The van der Waals surface area contributed by atoms with Gasteiger partial charge in [-0.1, -0.05) is 28.9 Å². The maximum atomic E-state index is 10.3. The second kappa shape index (κ2) is 8.76. The van der Waals surface area contributed by atoms with Gasteiger partial charge in [0.25, 0.3) is 0 Å². The molecule has 0 unspecified atom stereocenters. The maximum absolute atomic E-state index is 10.3. The van der Waals surface area contributed by atoms with E-state index in [0.717, 1.165) is 36.9 Å². The molecular weight excluding hydrogens is 342 g/mol. The summed E-state index contributed by atoms with van der Waals surface area (Å²) in [4.78, 5) is 0. The van der Waals surface area contributed by atoms with Crippen molar-refractivity contribution in [1.29, 1.82) is 0 Å². The molecule has 0 saturated heterocycles. The second-order valence-corrected chi connectivity index (χ2v) is 7.07. The number of benzene rings is 1. The largest absolute Gasteiger partial charge is 0.396 e. The number of aliphatic hydroxyl groups excluding tert-OH is 2.